The number of rotatable bonds is 6. The lowest BCUT2D eigenvalue weighted by molar-refractivity contribution is -0.118. The summed E-state index contributed by atoms with van der Waals surface area (Å²) in [6.45, 7) is 3.77. The molecule has 1 amide bonds. The second-order valence-electron chi connectivity index (χ2n) is 4.71. The van der Waals surface area contributed by atoms with Crippen molar-refractivity contribution in [1.29, 1.82) is 0 Å². The SMILES string of the molecule is CCc1cccc(Nc2ccnc(N[C@H](C)C(N)=O)n2)c1. The first-order valence-electron chi connectivity index (χ1n) is 6.83. The van der Waals surface area contributed by atoms with Crippen molar-refractivity contribution in [2.24, 2.45) is 5.73 Å². The number of aryl methyl sites for hydroxylation is 1. The molecular formula is C15H19N5O. The number of amides is 1. The van der Waals surface area contributed by atoms with E-state index in [4.69, 9.17) is 5.73 Å². The van der Waals surface area contributed by atoms with Gasteiger partial charge in [0.15, 0.2) is 0 Å². The largest absolute Gasteiger partial charge is 0.368 e. The average molecular weight is 285 g/mol. The van der Waals surface area contributed by atoms with Crippen molar-refractivity contribution in [3.05, 3.63) is 42.1 Å². The van der Waals surface area contributed by atoms with Gasteiger partial charge in [0, 0.05) is 11.9 Å². The van der Waals surface area contributed by atoms with Gasteiger partial charge in [-0.05, 0) is 37.1 Å². The minimum absolute atomic E-state index is 0.359. The van der Waals surface area contributed by atoms with E-state index in [0.717, 1.165) is 12.1 Å². The summed E-state index contributed by atoms with van der Waals surface area (Å²) >= 11 is 0. The number of carbonyl (C=O) groups is 1. The maximum atomic E-state index is 11.0. The molecule has 0 radical (unpaired) electrons. The molecule has 110 valence electrons. The summed E-state index contributed by atoms with van der Waals surface area (Å²) in [5.74, 6) is 0.558. The minimum Gasteiger partial charge on any atom is -0.368 e. The number of benzene rings is 1. The Bertz CT molecular complexity index is 629. The fourth-order valence-corrected chi connectivity index (χ4v) is 1.78. The standard InChI is InChI=1S/C15H19N5O/c1-3-11-5-4-6-12(9-11)19-13-7-8-17-15(20-13)18-10(2)14(16)21/h4-10H,3H2,1-2H3,(H2,16,21)(H2,17,18,19,20)/t10-/m1/s1. The second kappa shape index (κ2) is 6.69. The molecule has 0 saturated carbocycles. The van der Waals surface area contributed by atoms with Crippen molar-refractivity contribution in [2.75, 3.05) is 10.6 Å². The van der Waals surface area contributed by atoms with Gasteiger partial charge in [0.25, 0.3) is 0 Å². The number of primary amides is 1. The van der Waals surface area contributed by atoms with Gasteiger partial charge >= 0.3 is 0 Å². The summed E-state index contributed by atoms with van der Waals surface area (Å²) in [6.07, 6.45) is 2.59. The molecule has 0 aliphatic rings. The molecule has 1 aromatic carbocycles. The number of nitrogens with one attached hydrogen (secondary N) is 2. The highest BCUT2D eigenvalue weighted by molar-refractivity contribution is 5.81. The van der Waals surface area contributed by atoms with E-state index in [0.29, 0.717) is 11.8 Å². The summed E-state index contributed by atoms with van der Waals surface area (Å²) in [5.41, 5.74) is 7.41. The van der Waals surface area contributed by atoms with Crippen molar-refractivity contribution in [1.82, 2.24) is 9.97 Å². The normalized spacial score (nSPS) is 11.7. The van der Waals surface area contributed by atoms with Crippen LogP contribution in [0.2, 0.25) is 0 Å². The smallest absolute Gasteiger partial charge is 0.239 e. The van der Waals surface area contributed by atoms with Crippen LogP contribution in [0.25, 0.3) is 0 Å². The van der Waals surface area contributed by atoms with E-state index in [1.54, 1.807) is 19.2 Å². The molecule has 21 heavy (non-hydrogen) atoms. The lowest BCUT2D eigenvalue weighted by Crippen LogP contribution is -2.33. The number of nitrogens with zero attached hydrogens (tertiary/aromatic N) is 2. The third-order valence-corrected chi connectivity index (χ3v) is 3.04. The van der Waals surface area contributed by atoms with Crippen molar-refractivity contribution < 1.29 is 4.79 Å². The third-order valence-electron chi connectivity index (χ3n) is 3.04. The van der Waals surface area contributed by atoms with Crippen molar-refractivity contribution >= 4 is 23.4 Å². The fourth-order valence-electron chi connectivity index (χ4n) is 1.78. The van der Waals surface area contributed by atoms with Gasteiger partial charge in [-0.2, -0.15) is 4.98 Å². The van der Waals surface area contributed by atoms with E-state index >= 15 is 0 Å². The molecule has 0 spiro atoms. The maximum absolute atomic E-state index is 11.0. The summed E-state index contributed by atoms with van der Waals surface area (Å²) < 4.78 is 0. The molecule has 1 heterocycles. The fraction of sp³-hybridized carbons (Fsp3) is 0.267. The van der Waals surface area contributed by atoms with E-state index < -0.39 is 11.9 Å². The van der Waals surface area contributed by atoms with Gasteiger partial charge in [-0.25, -0.2) is 4.98 Å². The number of hydrogen-bond donors (Lipinski definition) is 3. The average Bonchev–Trinajstić information content (AvgIpc) is 2.47. The van der Waals surface area contributed by atoms with Crippen molar-refractivity contribution in [3.8, 4) is 0 Å². The van der Waals surface area contributed by atoms with Gasteiger partial charge in [0.05, 0.1) is 0 Å². The summed E-state index contributed by atoms with van der Waals surface area (Å²) in [6, 6.07) is 9.35. The lowest BCUT2D eigenvalue weighted by Gasteiger charge is -2.11. The van der Waals surface area contributed by atoms with E-state index in [2.05, 4.69) is 39.7 Å². The molecule has 0 aliphatic heterocycles. The molecular weight excluding hydrogens is 266 g/mol. The Balaban J connectivity index is 2.11. The first-order valence-corrected chi connectivity index (χ1v) is 6.83. The molecule has 0 saturated heterocycles. The number of hydrogen-bond acceptors (Lipinski definition) is 5. The first-order chi connectivity index (χ1) is 10.1. The number of carbonyl (C=O) groups excluding carboxylic acids is 1. The Morgan fingerprint density at radius 3 is 2.90 bits per heavy atom. The predicted molar refractivity (Wildman–Crippen MR) is 83.4 cm³/mol. The van der Waals surface area contributed by atoms with Crippen LogP contribution in [0.3, 0.4) is 0 Å². The first kappa shape index (κ1) is 14.8. The highest BCUT2D eigenvalue weighted by Gasteiger charge is 2.09. The summed E-state index contributed by atoms with van der Waals surface area (Å²) in [5, 5.41) is 6.07. The molecule has 0 fully saturated rings. The monoisotopic (exact) mass is 285 g/mol. The molecule has 6 nitrogen and oxygen atoms in total. The Hall–Kier alpha value is -2.63. The molecule has 1 aromatic heterocycles. The molecule has 2 aromatic rings. The van der Waals surface area contributed by atoms with Gasteiger partial charge in [-0.3, -0.25) is 4.79 Å². The quantitative estimate of drug-likeness (QED) is 0.755. The highest BCUT2D eigenvalue weighted by atomic mass is 16.1. The van der Waals surface area contributed by atoms with Gasteiger partial charge in [0.1, 0.15) is 11.9 Å². The Morgan fingerprint density at radius 2 is 2.19 bits per heavy atom. The second-order valence-corrected chi connectivity index (χ2v) is 4.71. The maximum Gasteiger partial charge on any atom is 0.239 e. The predicted octanol–water partition coefficient (Wildman–Crippen LogP) is 2.07. The Labute approximate surface area is 123 Å². The topological polar surface area (TPSA) is 92.9 Å². The van der Waals surface area contributed by atoms with E-state index in [-0.39, 0.29) is 0 Å². The lowest BCUT2D eigenvalue weighted by atomic mass is 10.1. The van der Waals surface area contributed by atoms with Gasteiger partial charge in [0.2, 0.25) is 11.9 Å². The van der Waals surface area contributed by atoms with Crippen LogP contribution in [0, 0.1) is 0 Å². The number of nitrogens with two attached hydrogens (primary N) is 1. The number of anilines is 3. The van der Waals surface area contributed by atoms with Gasteiger partial charge in [-0.1, -0.05) is 19.1 Å². The summed E-state index contributed by atoms with van der Waals surface area (Å²) in [4.78, 5) is 19.4. The third kappa shape index (κ3) is 4.17. The van der Waals surface area contributed by atoms with Gasteiger partial charge < -0.3 is 16.4 Å². The van der Waals surface area contributed by atoms with Crippen LogP contribution in [0.4, 0.5) is 17.5 Å². The molecule has 0 unspecified atom stereocenters. The zero-order valence-electron chi connectivity index (χ0n) is 12.1. The molecule has 0 bridgehead atoms. The Morgan fingerprint density at radius 1 is 1.38 bits per heavy atom. The molecule has 6 heteroatoms. The number of aromatic nitrogens is 2. The van der Waals surface area contributed by atoms with Gasteiger partial charge in [-0.15, -0.1) is 0 Å². The van der Waals surface area contributed by atoms with Crippen LogP contribution in [0.1, 0.15) is 19.4 Å². The molecule has 1 atom stereocenters. The van der Waals surface area contributed by atoms with Crippen LogP contribution in [-0.2, 0) is 11.2 Å². The van der Waals surface area contributed by atoms with Crippen LogP contribution < -0.4 is 16.4 Å². The van der Waals surface area contributed by atoms with Crippen LogP contribution in [-0.4, -0.2) is 21.9 Å². The van der Waals surface area contributed by atoms with E-state index in [9.17, 15) is 4.79 Å². The zero-order chi connectivity index (χ0) is 15.2. The minimum atomic E-state index is -0.524. The van der Waals surface area contributed by atoms with Crippen LogP contribution in [0.5, 0.6) is 0 Å². The highest BCUT2D eigenvalue weighted by Crippen LogP contribution is 2.17. The van der Waals surface area contributed by atoms with Crippen molar-refractivity contribution in [3.63, 3.8) is 0 Å². The van der Waals surface area contributed by atoms with Crippen LogP contribution in [0.15, 0.2) is 36.5 Å². The zero-order valence-corrected chi connectivity index (χ0v) is 12.1. The Kier molecular flexibility index (Phi) is 4.71. The van der Waals surface area contributed by atoms with Crippen LogP contribution >= 0.6 is 0 Å². The molecule has 0 aliphatic carbocycles. The molecule has 2 rings (SSSR count). The van der Waals surface area contributed by atoms with E-state index in [1.165, 1.54) is 5.56 Å². The summed E-state index contributed by atoms with van der Waals surface area (Å²) in [7, 11) is 0. The molecule has 4 N–H and O–H groups in total. The van der Waals surface area contributed by atoms with Crippen molar-refractivity contribution in [2.45, 2.75) is 26.3 Å². The van der Waals surface area contributed by atoms with E-state index in [1.807, 2.05) is 12.1 Å².